The number of rotatable bonds is 1. The number of aromatic nitrogens is 3. The summed E-state index contributed by atoms with van der Waals surface area (Å²) in [4.78, 5) is 11.0. The fourth-order valence-corrected chi connectivity index (χ4v) is 2.19. The number of hydrogen-bond donors (Lipinski definition) is 1. The van der Waals surface area contributed by atoms with Crippen LogP contribution in [0.2, 0.25) is 0 Å². The number of carboxylic acid groups (broad SMARTS) is 1. The number of fused-ring (bicyclic) bond motifs is 3. The number of aryl methyl sites for hydroxylation is 2. The first-order valence-electron chi connectivity index (χ1n) is 5.23. The molecule has 86 valence electrons. The maximum absolute atomic E-state index is 11.0. The van der Waals surface area contributed by atoms with Crippen LogP contribution in [0.15, 0.2) is 24.4 Å². The van der Waals surface area contributed by atoms with Gasteiger partial charge >= 0.3 is 5.97 Å². The predicted molar refractivity (Wildman–Crippen MR) is 64.2 cm³/mol. The third kappa shape index (κ3) is 1.25. The monoisotopic (exact) mass is 229 g/mol. The van der Waals surface area contributed by atoms with E-state index in [4.69, 9.17) is 5.11 Å². The molecule has 0 aliphatic heterocycles. The average molecular weight is 229 g/mol. The fourth-order valence-electron chi connectivity index (χ4n) is 2.19. The maximum atomic E-state index is 11.0. The number of aromatic carboxylic acids is 1. The van der Waals surface area contributed by atoms with Gasteiger partial charge in [0, 0.05) is 25.7 Å². The zero-order valence-corrected chi connectivity index (χ0v) is 9.51. The molecule has 0 unspecified atom stereocenters. The minimum atomic E-state index is -0.917. The largest absolute Gasteiger partial charge is 0.478 e. The van der Waals surface area contributed by atoms with E-state index in [2.05, 4.69) is 5.10 Å². The highest BCUT2D eigenvalue weighted by atomic mass is 16.4. The van der Waals surface area contributed by atoms with Crippen LogP contribution in [0.5, 0.6) is 0 Å². The van der Waals surface area contributed by atoms with Crippen molar-refractivity contribution in [3.8, 4) is 0 Å². The number of hydrogen-bond acceptors (Lipinski definition) is 2. The first-order chi connectivity index (χ1) is 8.08. The molecule has 2 heterocycles. The molecule has 3 rings (SSSR count). The van der Waals surface area contributed by atoms with Crippen LogP contribution >= 0.6 is 0 Å². The van der Waals surface area contributed by atoms with Gasteiger partial charge in [0.15, 0.2) is 0 Å². The van der Waals surface area contributed by atoms with E-state index in [-0.39, 0.29) is 5.56 Å². The van der Waals surface area contributed by atoms with Crippen molar-refractivity contribution in [3.05, 3.63) is 30.0 Å². The molecule has 0 saturated carbocycles. The van der Waals surface area contributed by atoms with Gasteiger partial charge in [0.1, 0.15) is 5.52 Å². The topological polar surface area (TPSA) is 60.1 Å². The molecule has 3 aromatic rings. The molecule has 0 atom stereocenters. The van der Waals surface area contributed by atoms with E-state index in [0.717, 1.165) is 21.9 Å². The molecule has 1 aromatic carbocycles. The zero-order valence-electron chi connectivity index (χ0n) is 9.51. The Morgan fingerprint density at radius 2 is 2.06 bits per heavy atom. The second-order valence-electron chi connectivity index (χ2n) is 4.13. The lowest BCUT2D eigenvalue weighted by Gasteiger charge is -1.98. The van der Waals surface area contributed by atoms with E-state index in [1.165, 1.54) is 0 Å². The highest BCUT2D eigenvalue weighted by Crippen LogP contribution is 2.27. The van der Waals surface area contributed by atoms with Gasteiger partial charge in [0.05, 0.1) is 16.6 Å². The van der Waals surface area contributed by atoms with Crippen molar-refractivity contribution < 1.29 is 9.90 Å². The van der Waals surface area contributed by atoms with Crippen LogP contribution in [0.25, 0.3) is 21.9 Å². The van der Waals surface area contributed by atoms with Gasteiger partial charge < -0.3 is 9.67 Å². The minimum absolute atomic E-state index is 0.288. The molecule has 0 aliphatic rings. The lowest BCUT2D eigenvalue weighted by Crippen LogP contribution is -1.96. The highest BCUT2D eigenvalue weighted by molar-refractivity contribution is 6.07. The van der Waals surface area contributed by atoms with Crippen LogP contribution in [0.3, 0.4) is 0 Å². The van der Waals surface area contributed by atoms with Gasteiger partial charge in [-0.15, -0.1) is 0 Å². The van der Waals surface area contributed by atoms with Crippen LogP contribution in [0, 0.1) is 0 Å². The SMILES string of the molecule is Cn1cc2c(n1)c1cc(C(=O)O)ccc1n2C. The molecule has 17 heavy (non-hydrogen) atoms. The summed E-state index contributed by atoms with van der Waals surface area (Å²) in [6.07, 6.45) is 1.93. The van der Waals surface area contributed by atoms with E-state index in [1.54, 1.807) is 16.8 Å². The Balaban J connectivity index is 2.48. The summed E-state index contributed by atoms with van der Waals surface area (Å²) in [5.41, 5.74) is 3.13. The lowest BCUT2D eigenvalue weighted by atomic mass is 10.1. The molecule has 0 bridgehead atoms. The molecule has 0 fully saturated rings. The Labute approximate surface area is 96.9 Å². The summed E-state index contributed by atoms with van der Waals surface area (Å²) in [5.74, 6) is -0.917. The lowest BCUT2D eigenvalue weighted by molar-refractivity contribution is 0.0697. The molecule has 0 amide bonds. The second-order valence-corrected chi connectivity index (χ2v) is 4.13. The van der Waals surface area contributed by atoms with Crippen molar-refractivity contribution >= 4 is 27.9 Å². The summed E-state index contributed by atoms with van der Waals surface area (Å²) in [6.45, 7) is 0. The first kappa shape index (κ1) is 9.89. The highest BCUT2D eigenvalue weighted by Gasteiger charge is 2.13. The summed E-state index contributed by atoms with van der Waals surface area (Å²) in [5, 5.41) is 14.2. The molecule has 0 saturated heterocycles. The van der Waals surface area contributed by atoms with Crippen LogP contribution in [-0.2, 0) is 14.1 Å². The van der Waals surface area contributed by atoms with Crippen molar-refractivity contribution in [2.45, 2.75) is 0 Å². The van der Waals surface area contributed by atoms with Crippen LogP contribution in [0.1, 0.15) is 10.4 Å². The van der Waals surface area contributed by atoms with Crippen LogP contribution in [0.4, 0.5) is 0 Å². The normalized spacial score (nSPS) is 11.4. The molecule has 5 nitrogen and oxygen atoms in total. The summed E-state index contributed by atoms with van der Waals surface area (Å²) in [6, 6.07) is 5.11. The molecule has 2 aromatic heterocycles. The average Bonchev–Trinajstić information content (AvgIpc) is 2.78. The van der Waals surface area contributed by atoms with Crippen molar-refractivity contribution in [2.24, 2.45) is 14.1 Å². The Kier molecular flexibility index (Phi) is 1.80. The van der Waals surface area contributed by atoms with Gasteiger partial charge in [-0.05, 0) is 18.2 Å². The summed E-state index contributed by atoms with van der Waals surface area (Å²) < 4.78 is 3.75. The number of nitrogens with zero attached hydrogens (tertiary/aromatic N) is 3. The maximum Gasteiger partial charge on any atom is 0.335 e. The molecule has 0 spiro atoms. The Bertz CT molecular complexity index is 752. The smallest absolute Gasteiger partial charge is 0.335 e. The van der Waals surface area contributed by atoms with Crippen LogP contribution in [-0.4, -0.2) is 25.4 Å². The quantitative estimate of drug-likeness (QED) is 0.691. The molecule has 0 radical (unpaired) electrons. The second kappa shape index (κ2) is 3.10. The van der Waals surface area contributed by atoms with Crippen molar-refractivity contribution in [3.63, 3.8) is 0 Å². The third-order valence-electron chi connectivity index (χ3n) is 3.03. The molecular formula is C12H11N3O2. The molecule has 1 N–H and O–H groups in total. The first-order valence-corrected chi connectivity index (χ1v) is 5.23. The number of carboxylic acids is 1. The van der Waals surface area contributed by atoms with E-state index >= 15 is 0 Å². The van der Waals surface area contributed by atoms with Crippen molar-refractivity contribution in [1.82, 2.24) is 14.3 Å². The standard InChI is InChI=1S/C12H11N3O2/c1-14-6-10-11(13-14)8-5-7(12(16)17)3-4-9(8)15(10)2/h3-6H,1-2H3,(H,16,17). The fraction of sp³-hybridized carbons (Fsp3) is 0.167. The molecule has 0 aliphatic carbocycles. The number of benzene rings is 1. The van der Waals surface area contributed by atoms with Gasteiger partial charge in [-0.2, -0.15) is 5.10 Å². The van der Waals surface area contributed by atoms with Gasteiger partial charge in [-0.25, -0.2) is 4.79 Å². The van der Waals surface area contributed by atoms with Gasteiger partial charge in [0.2, 0.25) is 0 Å². The Morgan fingerprint density at radius 3 is 2.76 bits per heavy atom. The molecular weight excluding hydrogens is 218 g/mol. The van der Waals surface area contributed by atoms with E-state index in [9.17, 15) is 4.79 Å². The zero-order chi connectivity index (χ0) is 12.2. The minimum Gasteiger partial charge on any atom is -0.478 e. The van der Waals surface area contributed by atoms with E-state index in [1.807, 2.05) is 30.9 Å². The van der Waals surface area contributed by atoms with Gasteiger partial charge in [-0.1, -0.05) is 0 Å². The summed E-state index contributed by atoms with van der Waals surface area (Å²) >= 11 is 0. The Morgan fingerprint density at radius 1 is 1.29 bits per heavy atom. The van der Waals surface area contributed by atoms with Crippen LogP contribution < -0.4 is 0 Å². The summed E-state index contributed by atoms with van der Waals surface area (Å²) in [7, 11) is 3.81. The Hall–Kier alpha value is -2.30. The van der Waals surface area contributed by atoms with Gasteiger partial charge in [-0.3, -0.25) is 4.68 Å². The predicted octanol–water partition coefficient (Wildman–Crippen LogP) is 1.76. The van der Waals surface area contributed by atoms with Crippen molar-refractivity contribution in [2.75, 3.05) is 0 Å². The molecule has 5 heteroatoms. The third-order valence-corrected chi connectivity index (χ3v) is 3.03. The van der Waals surface area contributed by atoms with Crippen molar-refractivity contribution in [1.29, 1.82) is 0 Å². The number of carbonyl (C=O) groups is 1. The van der Waals surface area contributed by atoms with E-state index < -0.39 is 5.97 Å². The van der Waals surface area contributed by atoms with E-state index in [0.29, 0.717) is 0 Å². The van der Waals surface area contributed by atoms with Gasteiger partial charge in [0.25, 0.3) is 0 Å².